The first-order chi connectivity index (χ1) is 8.56. The van der Waals surface area contributed by atoms with Gasteiger partial charge < -0.3 is 14.6 Å². The van der Waals surface area contributed by atoms with Crippen LogP contribution in [0.5, 0.6) is 5.75 Å². The van der Waals surface area contributed by atoms with E-state index in [-0.39, 0.29) is 0 Å². The van der Waals surface area contributed by atoms with E-state index in [0.29, 0.717) is 18.8 Å². The predicted octanol–water partition coefficient (Wildman–Crippen LogP) is 2.81. The summed E-state index contributed by atoms with van der Waals surface area (Å²) in [4.78, 5) is 10.9. The maximum Gasteiger partial charge on any atom is 0.335 e. The van der Waals surface area contributed by atoms with E-state index in [9.17, 15) is 4.79 Å². The minimum Gasteiger partial charge on any atom is -0.491 e. The van der Waals surface area contributed by atoms with Gasteiger partial charge in [-0.3, -0.25) is 0 Å². The van der Waals surface area contributed by atoms with E-state index in [0.717, 1.165) is 29.9 Å². The van der Waals surface area contributed by atoms with Crippen molar-refractivity contribution in [3.8, 4) is 5.75 Å². The Bertz CT molecular complexity index is 389. The highest BCUT2D eigenvalue weighted by molar-refractivity contribution is 5.88. The van der Waals surface area contributed by atoms with Gasteiger partial charge in [-0.25, -0.2) is 4.79 Å². The van der Waals surface area contributed by atoms with Crippen LogP contribution in [0, 0.1) is 13.8 Å². The van der Waals surface area contributed by atoms with Gasteiger partial charge in [-0.1, -0.05) is 6.92 Å². The Morgan fingerprint density at radius 1 is 1.17 bits per heavy atom. The van der Waals surface area contributed by atoms with Crippen LogP contribution in [0.3, 0.4) is 0 Å². The highest BCUT2D eigenvalue weighted by Crippen LogP contribution is 2.24. The van der Waals surface area contributed by atoms with Crippen molar-refractivity contribution in [1.82, 2.24) is 0 Å². The van der Waals surface area contributed by atoms with Crippen molar-refractivity contribution in [1.29, 1.82) is 0 Å². The van der Waals surface area contributed by atoms with Crippen LogP contribution in [0.15, 0.2) is 12.1 Å². The number of rotatable bonds is 7. The molecule has 0 spiro atoms. The SMILES string of the molecule is CCCOCCOc1c(C)cc(C(=O)O)cc1C. The van der Waals surface area contributed by atoms with Crippen LogP contribution in [0.25, 0.3) is 0 Å². The molecule has 100 valence electrons. The third-order valence-electron chi connectivity index (χ3n) is 2.53. The first-order valence-corrected chi connectivity index (χ1v) is 6.11. The number of ether oxygens (including phenoxy) is 2. The molecule has 0 aliphatic heterocycles. The second kappa shape index (κ2) is 7.01. The fourth-order valence-corrected chi connectivity index (χ4v) is 1.75. The van der Waals surface area contributed by atoms with E-state index in [1.54, 1.807) is 12.1 Å². The van der Waals surface area contributed by atoms with Gasteiger partial charge in [0.1, 0.15) is 12.4 Å². The van der Waals surface area contributed by atoms with Gasteiger partial charge >= 0.3 is 5.97 Å². The minimum absolute atomic E-state index is 0.291. The Balaban J connectivity index is 2.63. The van der Waals surface area contributed by atoms with Gasteiger partial charge in [0.2, 0.25) is 0 Å². The molecule has 0 amide bonds. The van der Waals surface area contributed by atoms with Crippen molar-refractivity contribution < 1.29 is 19.4 Å². The molecule has 1 aromatic rings. The van der Waals surface area contributed by atoms with Gasteiger partial charge in [0.25, 0.3) is 0 Å². The Labute approximate surface area is 108 Å². The summed E-state index contributed by atoms with van der Waals surface area (Å²) >= 11 is 0. The van der Waals surface area contributed by atoms with Crippen LogP contribution in [-0.2, 0) is 4.74 Å². The number of hydrogen-bond acceptors (Lipinski definition) is 3. The zero-order valence-corrected chi connectivity index (χ0v) is 11.2. The molecule has 0 atom stereocenters. The van der Waals surface area contributed by atoms with Crippen molar-refractivity contribution >= 4 is 5.97 Å². The molecule has 1 aromatic carbocycles. The molecule has 1 rings (SSSR count). The van der Waals surface area contributed by atoms with Crippen LogP contribution >= 0.6 is 0 Å². The maximum absolute atomic E-state index is 10.9. The quantitative estimate of drug-likeness (QED) is 0.758. The summed E-state index contributed by atoms with van der Waals surface area (Å²) in [5, 5.41) is 8.94. The summed E-state index contributed by atoms with van der Waals surface area (Å²) in [7, 11) is 0. The van der Waals surface area contributed by atoms with Gasteiger partial charge in [-0.15, -0.1) is 0 Å². The third kappa shape index (κ3) is 4.04. The van der Waals surface area contributed by atoms with Crippen LogP contribution in [0.4, 0.5) is 0 Å². The van der Waals surface area contributed by atoms with Crippen molar-refractivity contribution in [3.63, 3.8) is 0 Å². The Morgan fingerprint density at radius 3 is 2.28 bits per heavy atom. The summed E-state index contributed by atoms with van der Waals surface area (Å²) in [6, 6.07) is 3.25. The molecule has 18 heavy (non-hydrogen) atoms. The molecule has 0 aliphatic rings. The average molecular weight is 252 g/mol. The fraction of sp³-hybridized carbons (Fsp3) is 0.500. The molecule has 0 saturated carbocycles. The average Bonchev–Trinajstić information content (AvgIpc) is 2.31. The van der Waals surface area contributed by atoms with E-state index >= 15 is 0 Å². The first kappa shape index (κ1) is 14.5. The molecule has 0 heterocycles. The largest absolute Gasteiger partial charge is 0.491 e. The molecule has 0 aliphatic carbocycles. The normalized spacial score (nSPS) is 10.4. The lowest BCUT2D eigenvalue weighted by Gasteiger charge is -2.13. The molecular formula is C14H20O4. The van der Waals surface area contributed by atoms with Crippen LogP contribution in [0.1, 0.15) is 34.8 Å². The predicted molar refractivity (Wildman–Crippen MR) is 69.5 cm³/mol. The number of carboxylic acids is 1. The monoisotopic (exact) mass is 252 g/mol. The molecule has 4 nitrogen and oxygen atoms in total. The maximum atomic E-state index is 10.9. The number of carbonyl (C=O) groups is 1. The lowest BCUT2D eigenvalue weighted by atomic mass is 10.1. The van der Waals surface area contributed by atoms with Crippen LogP contribution < -0.4 is 4.74 Å². The molecule has 0 radical (unpaired) electrons. The van der Waals surface area contributed by atoms with E-state index < -0.39 is 5.97 Å². The summed E-state index contributed by atoms with van der Waals surface area (Å²) in [5.41, 5.74) is 1.96. The second-order valence-corrected chi connectivity index (χ2v) is 4.21. The zero-order valence-electron chi connectivity index (χ0n) is 11.2. The van der Waals surface area contributed by atoms with E-state index in [2.05, 4.69) is 6.92 Å². The van der Waals surface area contributed by atoms with Gasteiger partial charge in [-0.05, 0) is 43.5 Å². The number of hydrogen-bond donors (Lipinski definition) is 1. The third-order valence-corrected chi connectivity index (χ3v) is 2.53. The first-order valence-electron chi connectivity index (χ1n) is 6.11. The number of aryl methyl sites for hydroxylation is 2. The van der Waals surface area contributed by atoms with Gasteiger partial charge in [0.05, 0.1) is 12.2 Å². The molecule has 0 bridgehead atoms. The summed E-state index contributed by atoms with van der Waals surface area (Å²) in [5.74, 6) is -0.167. The van der Waals surface area contributed by atoms with Gasteiger partial charge in [-0.2, -0.15) is 0 Å². The Kier molecular flexibility index (Phi) is 5.65. The highest BCUT2D eigenvalue weighted by Gasteiger charge is 2.10. The zero-order chi connectivity index (χ0) is 13.5. The van der Waals surface area contributed by atoms with Crippen molar-refractivity contribution in [2.45, 2.75) is 27.2 Å². The summed E-state index contributed by atoms with van der Waals surface area (Å²) < 4.78 is 11.0. The molecule has 1 N–H and O–H groups in total. The molecule has 0 saturated heterocycles. The Morgan fingerprint density at radius 2 is 1.78 bits per heavy atom. The van der Waals surface area contributed by atoms with Gasteiger partial charge in [0, 0.05) is 6.61 Å². The minimum atomic E-state index is -0.918. The number of aromatic carboxylic acids is 1. The highest BCUT2D eigenvalue weighted by atomic mass is 16.5. The Hall–Kier alpha value is -1.55. The lowest BCUT2D eigenvalue weighted by molar-refractivity contribution is 0.0696. The van der Waals surface area contributed by atoms with Crippen molar-refractivity contribution in [3.05, 3.63) is 28.8 Å². The van der Waals surface area contributed by atoms with Crippen molar-refractivity contribution in [2.75, 3.05) is 19.8 Å². The van der Waals surface area contributed by atoms with Crippen molar-refractivity contribution in [2.24, 2.45) is 0 Å². The number of benzene rings is 1. The van der Waals surface area contributed by atoms with E-state index in [1.807, 2.05) is 13.8 Å². The van der Waals surface area contributed by atoms with Crippen LogP contribution in [0.2, 0.25) is 0 Å². The molecule has 0 fully saturated rings. The molecule has 0 aromatic heterocycles. The van der Waals surface area contributed by atoms with E-state index in [1.165, 1.54) is 0 Å². The van der Waals surface area contributed by atoms with Crippen LogP contribution in [-0.4, -0.2) is 30.9 Å². The fourth-order valence-electron chi connectivity index (χ4n) is 1.75. The smallest absolute Gasteiger partial charge is 0.335 e. The lowest BCUT2D eigenvalue weighted by Crippen LogP contribution is -2.09. The molecule has 4 heteroatoms. The van der Waals surface area contributed by atoms with E-state index in [4.69, 9.17) is 14.6 Å². The summed E-state index contributed by atoms with van der Waals surface area (Å²) in [6.45, 7) is 7.52. The number of carboxylic acid groups (broad SMARTS) is 1. The topological polar surface area (TPSA) is 55.8 Å². The second-order valence-electron chi connectivity index (χ2n) is 4.21. The molecule has 0 unspecified atom stereocenters. The van der Waals surface area contributed by atoms with Gasteiger partial charge in [0.15, 0.2) is 0 Å². The standard InChI is InChI=1S/C14H20O4/c1-4-5-17-6-7-18-13-10(2)8-12(14(15)16)9-11(13)3/h8-9H,4-7H2,1-3H3,(H,15,16). The molecular weight excluding hydrogens is 232 g/mol. The summed E-state index contributed by atoms with van der Waals surface area (Å²) in [6.07, 6.45) is 0.991.